The van der Waals surface area contributed by atoms with Crippen molar-refractivity contribution in [2.75, 3.05) is 10.8 Å². The lowest BCUT2D eigenvalue weighted by Gasteiger charge is -2.24. The highest BCUT2D eigenvalue weighted by Gasteiger charge is 2.16. The highest BCUT2D eigenvalue weighted by molar-refractivity contribution is 6.41. The van der Waals surface area contributed by atoms with E-state index in [4.69, 9.17) is 34.8 Å². The molecule has 2 aromatic carbocycles. The zero-order chi connectivity index (χ0) is 15.1. The van der Waals surface area contributed by atoms with Gasteiger partial charge < -0.3 is 0 Å². The van der Waals surface area contributed by atoms with Crippen LogP contribution in [-0.2, 0) is 0 Å². The van der Waals surface area contributed by atoms with Crippen LogP contribution in [0.4, 0.5) is 11.4 Å². The summed E-state index contributed by atoms with van der Waals surface area (Å²) < 4.78 is 0. The van der Waals surface area contributed by atoms with E-state index in [0.29, 0.717) is 11.0 Å². The standard InChI is InChI=1S/C16H13Cl3N2/c17-11-15(19)21(14-9-5-2-6-10-14)16(12-18)20-13-7-3-1-4-8-13/h1-11H,12H2/b15-11+,20-16?. The topological polar surface area (TPSA) is 15.6 Å². The third-order valence-electron chi connectivity index (χ3n) is 2.71. The maximum absolute atomic E-state index is 6.22. The number of benzene rings is 2. The minimum atomic E-state index is 0.199. The number of aliphatic imine (C=N–C) groups is 1. The summed E-state index contributed by atoms with van der Waals surface area (Å²) in [6.07, 6.45) is 0. The Morgan fingerprint density at radius 1 is 1.00 bits per heavy atom. The largest absolute Gasteiger partial charge is 0.287 e. The van der Waals surface area contributed by atoms with Gasteiger partial charge in [0, 0.05) is 11.2 Å². The van der Waals surface area contributed by atoms with Crippen molar-refractivity contribution in [2.45, 2.75) is 0 Å². The first-order valence-corrected chi connectivity index (χ1v) is 7.61. The van der Waals surface area contributed by atoms with Crippen molar-refractivity contribution >= 4 is 52.0 Å². The molecule has 2 nitrogen and oxygen atoms in total. The first kappa shape index (κ1) is 15.9. The van der Waals surface area contributed by atoms with Crippen LogP contribution in [0.2, 0.25) is 0 Å². The molecule has 0 bridgehead atoms. The summed E-state index contributed by atoms with van der Waals surface area (Å²) in [6.45, 7) is 0. The molecule has 108 valence electrons. The molecule has 2 rings (SSSR count). The molecule has 0 aliphatic carbocycles. The second kappa shape index (κ2) is 8.08. The van der Waals surface area contributed by atoms with Crippen molar-refractivity contribution in [3.63, 3.8) is 0 Å². The fourth-order valence-corrected chi connectivity index (χ4v) is 2.28. The van der Waals surface area contributed by atoms with Crippen LogP contribution in [0.25, 0.3) is 0 Å². The molecule has 0 saturated heterocycles. The van der Waals surface area contributed by atoms with E-state index in [1.54, 1.807) is 4.90 Å². The molecule has 0 unspecified atom stereocenters. The zero-order valence-corrected chi connectivity index (χ0v) is 13.4. The van der Waals surface area contributed by atoms with Gasteiger partial charge in [0.1, 0.15) is 11.0 Å². The lowest BCUT2D eigenvalue weighted by molar-refractivity contribution is 1.28. The van der Waals surface area contributed by atoms with Gasteiger partial charge >= 0.3 is 0 Å². The fourth-order valence-electron chi connectivity index (χ4n) is 1.81. The number of nitrogens with zero attached hydrogens (tertiary/aromatic N) is 2. The van der Waals surface area contributed by atoms with Crippen molar-refractivity contribution in [3.8, 4) is 0 Å². The van der Waals surface area contributed by atoms with Crippen LogP contribution in [0.5, 0.6) is 0 Å². The fraction of sp³-hybridized carbons (Fsp3) is 0.0625. The summed E-state index contributed by atoms with van der Waals surface area (Å²) in [5.74, 6) is 0.793. The number of amidine groups is 1. The van der Waals surface area contributed by atoms with Crippen molar-refractivity contribution in [2.24, 2.45) is 4.99 Å². The normalized spacial score (nSPS) is 12.3. The molecule has 0 saturated carbocycles. The first-order chi connectivity index (χ1) is 10.3. The number of halogens is 3. The molecule has 0 fully saturated rings. The van der Waals surface area contributed by atoms with E-state index in [-0.39, 0.29) is 5.88 Å². The van der Waals surface area contributed by atoms with Crippen molar-refractivity contribution in [1.82, 2.24) is 0 Å². The number of hydrogen-bond acceptors (Lipinski definition) is 1. The molecule has 0 amide bonds. The Morgan fingerprint density at radius 2 is 1.57 bits per heavy atom. The van der Waals surface area contributed by atoms with Crippen LogP contribution >= 0.6 is 34.8 Å². The summed E-state index contributed by atoms with van der Waals surface area (Å²) in [7, 11) is 0. The summed E-state index contributed by atoms with van der Waals surface area (Å²) in [5, 5.41) is 0.332. The number of hydrogen-bond donors (Lipinski definition) is 0. The van der Waals surface area contributed by atoms with Gasteiger partial charge in [-0.25, -0.2) is 4.99 Å². The predicted octanol–water partition coefficient (Wildman–Crippen LogP) is 5.74. The van der Waals surface area contributed by atoms with Crippen LogP contribution in [-0.4, -0.2) is 11.7 Å². The molecule has 0 aliphatic rings. The van der Waals surface area contributed by atoms with Crippen LogP contribution in [0, 0.1) is 0 Å². The quantitative estimate of drug-likeness (QED) is 0.300. The molecule has 0 aromatic heterocycles. The number of para-hydroxylation sites is 2. The van der Waals surface area contributed by atoms with Crippen molar-refractivity contribution < 1.29 is 0 Å². The first-order valence-electron chi connectivity index (χ1n) is 6.26. The summed E-state index contributed by atoms with van der Waals surface area (Å²) in [5.41, 5.74) is 2.93. The monoisotopic (exact) mass is 338 g/mol. The maximum atomic E-state index is 6.22. The van der Waals surface area contributed by atoms with E-state index in [1.165, 1.54) is 5.54 Å². The van der Waals surface area contributed by atoms with Crippen molar-refractivity contribution in [3.05, 3.63) is 71.4 Å². The lowest BCUT2D eigenvalue weighted by Crippen LogP contribution is -2.29. The van der Waals surface area contributed by atoms with Gasteiger partial charge in [-0.3, -0.25) is 4.90 Å². The van der Waals surface area contributed by atoms with Crippen molar-refractivity contribution in [1.29, 1.82) is 0 Å². The van der Waals surface area contributed by atoms with Crippen LogP contribution in [0.1, 0.15) is 0 Å². The van der Waals surface area contributed by atoms with Gasteiger partial charge in [-0.15, -0.1) is 11.6 Å². The molecule has 0 heterocycles. The van der Waals surface area contributed by atoms with E-state index in [1.807, 2.05) is 60.7 Å². The SMILES string of the molecule is Cl/C=C(\Cl)N(C(CCl)=Nc1ccccc1)c1ccccc1. The Labute approximate surface area is 139 Å². The highest BCUT2D eigenvalue weighted by atomic mass is 35.5. The van der Waals surface area contributed by atoms with Gasteiger partial charge in [0.05, 0.1) is 11.6 Å². The van der Waals surface area contributed by atoms with E-state index in [2.05, 4.69) is 4.99 Å². The molecule has 0 atom stereocenters. The van der Waals surface area contributed by atoms with Gasteiger partial charge in [-0.2, -0.15) is 0 Å². The average Bonchev–Trinajstić information content (AvgIpc) is 2.56. The molecule has 0 spiro atoms. The number of rotatable bonds is 4. The van der Waals surface area contributed by atoms with E-state index in [0.717, 1.165) is 11.4 Å². The molecular weight excluding hydrogens is 327 g/mol. The molecule has 0 N–H and O–H groups in total. The predicted molar refractivity (Wildman–Crippen MR) is 93.0 cm³/mol. The number of alkyl halides is 1. The van der Waals surface area contributed by atoms with Gasteiger partial charge in [0.25, 0.3) is 0 Å². The Bertz CT molecular complexity index is 624. The third-order valence-corrected chi connectivity index (χ3v) is 3.55. The maximum Gasteiger partial charge on any atom is 0.129 e. The number of anilines is 1. The second-order valence-corrected chi connectivity index (χ2v) is 4.97. The highest BCUT2D eigenvalue weighted by Crippen LogP contribution is 2.25. The Hall–Kier alpha value is -1.48. The summed E-state index contributed by atoms with van der Waals surface area (Å²) >= 11 is 18.0. The molecule has 21 heavy (non-hydrogen) atoms. The summed E-state index contributed by atoms with van der Waals surface area (Å²) in [4.78, 5) is 6.27. The van der Waals surface area contributed by atoms with E-state index >= 15 is 0 Å². The molecular formula is C16H13Cl3N2. The summed E-state index contributed by atoms with van der Waals surface area (Å²) in [6, 6.07) is 19.1. The smallest absolute Gasteiger partial charge is 0.129 e. The zero-order valence-electron chi connectivity index (χ0n) is 11.1. The Balaban J connectivity index is 2.46. The molecule has 2 aromatic rings. The average molecular weight is 340 g/mol. The lowest BCUT2D eigenvalue weighted by atomic mass is 10.3. The third kappa shape index (κ3) is 4.24. The molecule has 0 aliphatic heterocycles. The van der Waals surface area contributed by atoms with Crippen LogP contribution in [0.15, 0.2) is 76.3 Å². The Morgan fingerprint density at radius 3 is 2.10 bits per heavy atom. The second-order valence-electron chi connectivity index (χ2n) is 4.10. The van der Waals surface area contributed by atoms with E-state index in [9.17, 15) is 0 Å². The van der Waals surface area contributed by atoms with E-state index < -0.39 is 0 Å². The van der Waals surface area contributed by atoms with Gasteiger partial charge in [0.2, 0.25) is 0 Å². The van der Waals surface area contributed by atoms with Crippen LogP contribution in [0.3, 0.4) is 0 Å². The van der Waals surface area contributed by atoms with Gasteiger partial charge in [-0.1, -0.05) is 59.6 Å². The molecule has 5 heteroatoms. The Kier molecular flexibility index (Phi) is 6.12. The van der Waals surface area contributed by atoms with Crippen LogP contribution < -0.4 is 4.90 Å². The molecule has 0 radical (unpaired) electrons. The minimum Gasteiger partial charge on any atom is -0.287 e. The minimum absolute atomic E-state index is 0.199. The van der Waals surface area contributed by atoms with Gasteiger partial charge in [-0.05, 0) is 24.3 Å². The van der Waals surface area contributed by atoms with Gasteiger partial charge in [0.15, 0.2) is 0 Å².